The molecule has 0 saturated heterocycles. The van der Waals surface area contributed by atoms with Crippen LogP contribution in [0, 0.1) is 16.2 Å². The first-order chi connectivity index (χ1) is 15.8. The molecule has 2 unspecified atom stereocenters. The molecule has 0 fully saturated rings. The maximum Gasteiger partial charge on any atom is 0.139 e. The van der Waals surface area contributed by atoms with Gasteiger partial charge in [0.25, 0.3) is 0 Å². The standard InChI is InChI=1S/C30H43NO3/c1-9-12-23-24(17-18-30(8,19-25(23)33)29(6,7)11-3)26(34)20-31-27(28(4,5)10-2)21-13-15-22(32)16-14-21/h9,12-20,27,31-34H,10-11H2,1-8H3/b12-9-,26-20+. The highest BCUT2D eigenvalue weighted by Crippen LogP contribution is 2.47. The van der Waals surface area contributed by atoms with Crippen LogP contribution in [0.25, 0.3) is 0 Å². The first kappa shape index (κ1) is 27.4. The molecule has 0 bridgehead atoms. The highest BCUT2D eigenvalue weighted by molar-refractivity contribution is 5.54. The van der Waals surface area contributed by atoms with Crippen LogP contribution in [0.3, 0.4) is 0 Å². The monoisotopic (exact) mass is 465 g/mol. The Morgan fingerprint density at radius 1 is 1.06 bits per heavy atom. The molecule has 186 valence electrons. The van der Waals surface area contributed by atoms with E-state index in [0.29, 0.717) is 11.1 Å². The number of benzene rings is 1. The largest absolute Gasteiger partial charge is 0.508 e. The molecule has 1 aliphatic rings. The van der Waals surface area contributed by atoms with Crippen LogP contribution in [-0.2, 0) is 0 Å². The van der Waals surface area contributed by atoms with E-state index in [1.165, 1.54) is 0 Å². The van der Waals surface area contributed by atoms with E-state index in [1.54, 1.807) is 18.3 Å². The van der Waals surface area contributed by atoms with Gasteiger partial charge in [0, 0.05) is 22.8 Å². The van der Waals surface area contributed by atoms with Crippen molar-refractivity contribution in [2.24, 2.45) is 16.2 Å². The van der Waals surface area contributed by atoms with Gasteiger partial charge in [-0.1, -0.05) is 84.9 Å². The van der Waals surface area contributed by atoms with E-state index in [2.05, 4.69) is 59.9 Å². The number of aliphatic hydroxyl groups is 2. The quantitative estimate of drug-likeness (QED) is 0.277. The fraction of sp³-hybridized carbons (Fsp3) is 0.467. The van der Waals surface area contributed by atoms with Crippen molar-refractivity contribution >= 4 is 0 Å². The summed E-state index contributed by atoms with van der Waals surface area (Å²) in [5, 5.41) is 35.4. The Bertz CT molecular complexity index is 1010. The average molecular weight is 466 g/mol. The fourth-order valence-corrected chi connectivity index (χ4v) is 4.15. The van der Waals surface area contributed by atoms with Crippen molar-refractivity contribution in [3.63, 3.8) is 0 Å². The smallest absolute Gasteiger partial charge is 0.139 e. The molecule has 0 heterocycles. The molecule has 34 heavy (non-hydrogen) atoms. The molecule has 0 spiro atoms. The van der Waals surface area contributed by atoms with Crippen LogP contribution >= 0.6 is 0 Å². The van der Waals surface area contributed by atoms with E-state index in [-0.39, 0.29) is 39.6 Å². The van der Waals surface area contributed by atoms with Gasteiger partial charge >= 0.3 is 0 Å². The molecule has 0 aromatic heterocycles. The number of phenolic OH excluding ortho intramolecular Hbond substituents is 1. The second-order valence-electron chi connectivity index (χ2n) is 10.8. The lowest BCUT2D eigenvalue weighted by atomic mass is 9.65. The summed E-state index contributed by atoms with van der Waals surface area (Å²) in [7, 11) is 0. The number of allylic oxidation sites excluding steroid dienone is 5. The predicted molar refractivity (Wildman–Crippen MR) is 143 cm³/mol. The molecule has 0 radical (unpaired) electrons. The predicted octanol–water partition coefficient (Wildman–Crippen LogP) is 8.19. The Morgan fingerprint density at radius 3 is 2.21 bits per heavy atom. The van der Waals surface area contributed by atoms with Gasteiger partial charge in [-0.05, 0) is 54.4 Å². The van der Waals surface area contributed by atoms with Crippen LogP contribution in [-0.4, -0.2) is 15.3 Å². The van der Waals surface area contributed by atoms with E-state index < -0.39 is 0 Å². The fourth-order valence-electron chi connectivity index (χ4n) is 4.15. The minimum Gasteiger partial charge on any atom is -0.508 e. The molecule has 0 saturated carbocycles. The lowest BCUT2D eigenvalue weighted by Gasteiger charge is -2.39. The minimum absolute atomic E-state index is 0.0542. The number of hydrogen-bond donors (Lipinski definition) is 4. The summed E-state index contributed by atoms with van der Waals surface area (Å²) in [5.74, 6) is 0.435. The van der Waals surface area contributed by atoms with Gasteiger partial charge in [0.05, 0.1) is 6.04 Å². The summed E-state index contributed by atoms with van der Waals surface area (Å²) >= 11 is 0. The lowest BCUT2D eigenvalue weighted by molar-refractivity contribution is 0.185. The number of hydrogen-bond acceptors (Lipinski definition) is 4. The minimum atomic E-state index is -0.382. The molecule has 1 aromatic carbocycles. The summed E-state index contributed by atoms with van der Waals surface area (Å²) in [5.41, 5.74) is 1.59. The summed E-state index contributed by atoms with van der Waals surface area (Å²) in [6.45, 7) is 17.0. The molecule has 0 amide bonds. The van der Waals surface area contributed by atoms with Crippen molar-refractivity contribution in [3.05, 3.63) is 89.1 Å². The Kier molecular flexibility index (Phi) is 8.52. The molecular formula is C30H43NO3. The number of phenols is 1. The summed E-state index contributed by atoms with van der Waals surface area (Å²) in [6.07, 6.45) is 13.1. The van der Waals surface area contributed by atoms with Crippen LogP contribution in [0.15, 0.2) is 83.5 Å². The second-order valence-corrected chi connectivity index (χ2v) is 10.8. The highest BCUT2D eigenvalue weighted by Gasteiger charge is 2.38. The molecule has 1 aliphatic carbocycles. The number of rotatable bonds is 9. The zero-order valence-electron chi connectivity index (χ0n) is 22.1. The van der Waals surface area contributed by atoms with Crippen molar-refractivity contribution in [3.8, 4) is 5.75 Å². The van der Waals surface area contributed by atoms with Crippen molar-refractivity contribution in [2.45, 2.75) is 74.3 Å². The molecule has 4 N–H and O–H groups in total. The Morgan fingerprint density at radius 2 is 1.68 bits per heavy atom. The van der Waals surface area contributed by atoms with Gasteiger partial charge in [-0.25, -0.2) is 0 Å². The van der Waals surface area contributed by atoms with Gasteiger partial charge in [0.1, 0.15) is 17.3 Å². The topological polar surface area (TPSA) is 72.7 Å². The third kappa shape index (κ3) is 5.78. The van der Waals surface area contributed by atoms with Gasteiger partial charge in [-0.2, -0.15) is 0 Å². The zero-order valence-corrected chi connectivity index (χ0v) is 22.1. The van der Waals surface area contributed by atoms with Crippen LogP contribution in [0.1, 0.15) is 79.8 Å². The van der Waals surface area contributed by atoms with E-state index in [9.17, 15) is 15.3 Å². The third-order valence-electron chi connectivity index (χ3n) is 7.86. The van der Waals surface area contributed by atoms with E-state index in [4.69, 9.17) is 0 Å². The molecule has 4 heteroatoms. The van der Waals surface area contributed by atoms with Gasteiger partial charge in [0.15, 0.2) is 0 Å². The van der Waals surface area contributed by atoms with E-state index in [1.807, 2.05) is 43.4 Å². The molecule has 4 nitrogen and oxygen atoms in total. The van der Waals surface area contributed by atoms with Crippen LogP contribution in [0.5, 0.6) is 5.75 Å². The first-order valence-electron chi connectivity index (χ1n) is 12.2. The van der Waals surface area contributed by atoms with Crippen molar-refractivity contribution < 1.29 is 15.3 Å². The van der Waals surface area contributed by atoms with Crippen molar-refractivity contribution in [1.82, 2.24) is 5.32 Å². The number of aliphatic hydroxyl groups excluding tert-OH is 2. The van der Waals surface area contributed by atoms with Crippen LogP contribution < -0.4 is 5.32 Å². The first-order valence-corrected chi connectivity index (χ1v) is 12.2. The number of nitrogens with one attached hydrogen (secondary N) is 1. The molecule has 2 rings (SSSR count). The van der Waals surface area contributed by atoms with Gasteiger partial charge in [-0.15, -0.1) is 0 Å². The number of aromatic hydroxyl groups is 1. The summed E-state index contributed by atoms with van der Waals surface area (Å²) in [4.78, 5) is 0. The molecule has 1 aromatic rings. The van der Waals surface area contributed by atoms with Gasteiger partial charge in [-0.3, -0.25) is 0 Å². The van der Waals surface area contributed by atoms with Crippen LogP contribution in [0.2, 0.25) is 0 Å². The maximum absolute atomic E-state index is 11.2. The summed E-state index contributed by atoms with van der Waals surface area (Å²) in [6, 6.07) is 7.07. The second kappa shape index (κ2) is 10.6. The maximum atomic E-state index is 11.2. The van der Waals surface area contributed by atoms with Crippen molar-refractivity contribution in [2.75, 3.05) is 0 Å². The summed E-state index contributed by atoms with van der Waals surface area (Å²) < 4.78 is 0. The zero-order chi connectivity index (χ0) is 25.7. The third-order valence-corrected chi connectivity index (χ3v) is 7.86. The van der Waals surface area contributed by atoms with Crippen LogP contribution in [0.4, 0.5) is 0 Å². The van der Waals surface area contributed by atoms with E-state index >= 15 is 0 Å². The van der Waals surface area contributed by atoms with E-state index in [0.717, 1.165) is 18.4 Å². The Balaban J connectivity index is 2.54. The van der Waals surface area contributed by atoms with Crippen molar-refractivity contribution in [1.29, 1.82) is 0 Å². The normalized spacial score (nSPS) is 20.9. The van der Waals surface area contributed by atoms with Gasteiger partial charge in [0.2, 0.25) is 0 Å². The molecule has 2 atom stereocenters. The Labute approximate surface area is 206 Å². The Hall–Kier alpha value is -2.88. The van der Waals surface area contributed by atoms with Gasteiger partial charge < -0.3 is 20.6 Å². The molecule has 0 aliphatic heterocycles. The SMILES string of the molecule is C/C=C\C1=C(C(/O)=C\NC(c2ccc(O)cc2)C(C)(C)CC)C=CC(C)(C(C)(C)CC)C=C1O. The average Bonchev–Trinajstić information content (AvgIpc) is 2.92. The molecular weight excluding hydrogens is 422 g/mol. The lowest BCUT2D eigenvalue weighted by Crippen LogP contribution is -2.31. The highest BCUT2D eigenvalue weighted by atomic mass is 16.3.